The topological polar surface area (TPSA) is 124 Å². The number of para-hydroxylation sites is 1. The fourth-order valence-corrected chi connectivity index (χ4v) is 4.55. The van der Waals surface area contributed by atoms with E-state index in [0.29, 0.717) is 35.7 Å². The van der Waals surface area contributed by atoms with Crippen molar-refractivity contribution in [2.75, 3.05) is 31.1 Å². The largest absolute Gasteiger partial charge is 0.338 e. The van der Waals surface area contributed by atoms with Crippen LogP contribution < -0.4 is 15.5 Å². The average molecular weight is 555 g/mol. The third-order valence-corrected chi connectivity index (χ3v) is 6.91. The SMILES string of the molecule is CCN(CC)CCN1C(=O)C(NC(=O)[C@H](C)NC(=O)C(=O)c2ccccc2)N=C(c2ccccn2)c2ccccc21. The minimum atomic E-state index is -1.28. The third kappa shape index (κ3) is 6.90. The highest BCUT2D eigenvalue weighted by Gasteiger charge is 2.34. The van der Waals surface area contributed by atoms with Gasteiger partial charge in [0.05, 0.1) is 17.1 Å². The van der Waals surface area contributed by atoms with Crippen LogP contribution in [-0.4, -0.2) is 77.5 Å². The lowest BCUT2D eigenvalue weighted by atomic mass is 10.0. The molecule has 10 heteroatoms. The Bertz CT molecular complexity index is 1420. The van der Waals surface area contributed by atoms with Crippen LogP contribution in [0, 0.1) is 0 Å². The number of ketones is 1. The number of nitrogens with one attached hydrogen (secondary N) is 2. The first-order chi connectivity index (χ1) is 19.8. The summed E-state index contributed by atoms with van der Waals surface area (Å²) in [5.41, 5.74) is 2.60. The van der Waals surface area contributed by atoms with Crippen LogP contribution >= 0.6 is 0 Å². The summed E-state index contributed by atoms with van der Waals surface area (Å²) in [5, 5.41) is 5.12. The maximum absolute atomic E-state index is 14.0. The number of amides is 3. The molecular formula is C31H34N6O4. The first-order valence-corrected chi connectivity index (χ1v) is 13.7. The highest BCUT2D eigenvalue weighted by molar-refractivity contribution is 6.43. The van der Waals surface area contributed by atoms with Gasteiger partial charge in [-0.3, -0.25) is 24.2 Å². The van der Waals surface area contributed by atoms with Crippen molar-refractivity contribution in [3.63, 3.8) is 0 Å². The molecule has 1 aromatic heterocycles. The molecule has 0 bridgehead atoms. The molecule has 0 fully saturated rings. The van der Waals surface area contributed by atoms with Crippen molar-refractivity contribution < 1.29 is 19.2 Å². The van der Waals surface area contributed by atoms with Gasteiger partial charge in [-0.2, -0.15) is 0 Å². The van der Waals surface area contributed by atoms with Crippen molar-refractivity contribution in [3.8, 4) is 0 Å². The summed E-state index contributed by atoms with van der Waals surface area (Å²) >= 11 is 0. The molecule has 0 aliphatic carbocycles. The second-order valence-corrected chi connectivity index (χ2v) is 9.53. The van der Waals surface area contributed by atoms with Gasteiger partial charge in [-0.25, -0.2) is 4.99 Å². The van der Waals surface area contributed by atoms with Crippen molar-refractivity contribution in [2.24, 2.45) is 4.99 Å². The van der Waals surface area contributed by atoms with Gasteiger partial charge in [0.25, 0.3) is 11.8 Å². The third-order valence-electron chi connectivity index (χ3n) is 6.91. The smallest absolute Gasteiger partial charge is 0.293 e. The Hall–Kier alpha value is -4.70. The Labute approximate surface area is 239 Å². The average Bonchev–Trinajstić information content (AvgIpc) is 3.12. The van der Waals surface area contributed by atoms with Gasteiger partial charge < -0.3 is 20.4 Å². The van der Waals surface area contributed by atoms with Crippen LogP contribution in [0.3, 0.4) is 0 Å². The lowest BCUT2D eigenvalue weighted by molar-refractivity contribution is -0.130. The molecule has 3 amide bonds. The Morgan fingerprint density at radius 1 is 0.951 bits per heavy atom. The van der Waals surface area contributed by atoms with Gasteiger partial charge in [-0.1, -0.05) is 68.4 Å². The highest BCUT2D eigenvalue weighted by atomic mass is 16.2. The predicted molar refractivity (Wildman–Crippen MR) is 157 cm³/mol. The summed E-state index contributed by atoms with van der Waals surface area (Å²) in [4.78, 5) is 65.3. The Morgan fingerprint density at radius 2 is 1.63 bits per heavy atom. The second kappa shape index (κ2) is 13.6. The van der Waals surface area contributed by atoms with E-state index in [0.717, 1.165) is 13.1 Å². The molecule has 0 saturated carbocycles. The van der Waals surface area contributed by atoms with Crippen LogP contribution in [0.5, 0.6) is 0 Å². The summed E-state index contributed by atoms with van der Waals surface area (Å²) in [7, 11) is 0. The van der Waals surface area contributed by atoms with E-state index in [9.17, 15) is 19.2 Å². The van der Waals surface area contributed by atoms with Crippen LogP contribution in [0.2, 0.25) is 0 Å². The van der Waals surface area contributed by atoms with E-state index < -0.39 is 35.7 Å². The molecule has 0 saturated heterocycles. The molecule has 4 rings (SSSR count). The van der Waals surface area contributed by atoms with Gasteiger partial charge in [-0.15, -0.1) is 0 Å². The summed E-state index contributed by atoms with van der Waals surface area (Å²) in [6.45, 7) is 8.23. The molecule has 2 N–H and O–H groups in total. The van der Waals surface area contributed by atoms with Crippen LogP contribution in [0.15, 0.2) is 84.0 Å². The molecule has 2 atom stereocenters. The van der Waals surface area contributed by atoms with Crippen molar-refractivity contribution in [1.82, 2.24) is 20.5 Å². The van der Waals surface area contributed by atoms with E-state index >= 15 is 0 Å². The summed E-state index contributed by atoms with van der Waals surface area (Å²) in [6.07, 6.45) is 0.355. The Kier molecular flexibility index (Phi) is 9.70. The van der Waals surface area contributed by atoms with E-state index in [2.05, 4.69) is 34.4 Å². The number of Topliss-reactive ketones (excluding diaryl/α,β-unsaturated/α-hetero) is 1. The monoisotopic (exact) mass is 554 g/mol. The maximum atomic E-state index is 14.0. The van der Waals surface area contributed by atoms with E-state index in [1.165, 1.54) is 19.1 Å². The number of aromatic nitrogens is 1. The van der Waals surface area contributed by atoms with E-state index in [1.54, 1.807) is 41.4 Å². The van der Waals surface area contributed by atoms with Gasteiger partial charge in [-0.05, 0) is 38.2 Å². The Balaban J connectivity index is 1.62. The number of hydrogen-bond acceptors (Lipinski definition) is 7. The van der Waals surface area contributed by atoms with Crippen molar-refractivity contribution in [3.05, 3.63) is 95.8 Å². The zero-order chi connectivity index (χ0) is 29.4. The molecule has 41 heavy (non-hydrogen) atoms. The second-order valence-electron chi connectivity index (χ2n) is 9.53. The lowest BCUT2D eigenvalue weighted by Crippen LogP contribution is -2.54. The summed E-state index contributed by atoms with van der Waals surface area (Å²) in [5.74, 6) is -2.75. The lowest BCUT2D eigenvalue weighted by Gasteiger charge is -2.28. The zero-order valence-electron chi connectivity index (χ0n) is 23.4. The van der Waals surface area contributed by atoms with E-state index in [-0.39, 0.29) is 5.56 Å². The van der Waals surface area contributed by atoms with Gasteiger partial charge in [0.1, 0.15) is 6.04 Å². The summed E-state index contributed by atoms with van der Waals surface area (Å²) < 4.78 is 0. The first-order valence-electron chi connectivity index (χ1n) is 13.7. The van der Waals surface area contributed by atoms with E-state index in [1.807, 2.05) is 30.3 Å². The van der Waals surface area contributed by atoms with Crippen LogP contribution in [0.1, 0.15) is 42.4 Å². The standard InChI is InChI=1S/C31H34N6O4/c1-4-36(5-2)19-20-37-25-17-10-9-15-23(25)26(24-16-11-12-18-32-24)34-28(31(37)41)35-29(39)21(3)33-30(40)27(38)22-13-7-6-8-14-22/h6-18,21,28H,4-5,19-20H2,1-3H3,(H,33,40)(H,35,39)/t21-,28?/m0/s1. The number of carbonyl (C=O) groups is 4. The number of benzodiazepines with no additional fused rings is 1. The number of nitrogens with zero attached hydrogens (tertiary/aromatic N) is 4. The minimum absolute atomic E-state index is 0.211. The number of aliphatic imine (C=N–C) groups is 1. The van der Waals surface area contributed by atoms with Crippen LogP contribution in [0.25, 0.3) is 0 Å². The normalized spacial score (nSPS) is 15.4. The van der Waals surface area contributed by atoms with Gasteiger partial charge in [0, 0.05) is 30.4 Å². The quantitative estimate of drug-likeness (QED) is 0.277. The molecule has 2 aromatic carbocycles. The number of likely N-dealkylation sites (N-methyl/N-ethyl adjacent to an activating group) is 1. The highest BCUT2D eigenvalue weighted by Crippen LogP contribution is 2.27. The first kappa shape index (κ1) is 29.3. The molecule has 2 heterocycles. The molecule has 1 unspecified atom stereocenters. The van der Waals surface area contributed by atoms with E-state index in [4.69, 9.17) is 4.99 Å². The van der Waals surface area contributed by atoms with Gasteiger partial charge >= 0.3 is 0 Å². The molecule has 0 radical (unpaired) electrons. The van der Waals surface area contributed by atoms with Crippen molar-refractivity contribution in [1.29, 1.82) is 0 Å². The fourth-order valence-electron chi connectivity index (χ4n) is 4.55. The van der Waals surface area contributed by atoms with Crippen LogP contribution in [-0.2, 0) is 14.4 Å². The number of benzene rings is 2. The molecule has 1 aliphatic rings. The molecular weight excluding hydrogens is 520 g/mol. The number of carbonyl (C=O) groups excluding carboxylic acids is 4. The number of pyridine rings is 1. The zero-order valence-corrected chi connectivity index (χ0v) is 23.4. The Morgan fingerprint density at radius 3 is 2.32 bits per heavy atom. The molecule has 3 aromatic rings. The predicted octanol–water partition coefficient (Wildman–Crippen LogP) is 2.44. The van der Waals surface area contributed by atoms with Crippen molar-refractivity contribution in [2.45, 2.75) is 33.0 Å². The summed E-state index contributed by atoms with van der Waals surface area (Å²) in [6, 6.07) is 19.8. The number of hydrogen-bond donors (Lipinski definition) is 2. The van der Waals surface area contributed by atoms with Crippen molar-refractivity contribution >= 4 is 34.9 Å². The molecule has 212 valence electrons. The van der Waals surface area contributed by atoms with Gasteiger partial charge in [0.2, 0.25) is 17.9 Å². The number of anilines is 1. The maximum Gasteiger partial charge on any atom is 0.293 e. The number of rotatable bonds is 11. The molecule has 1 aliphatic heterocycles. The fraction of sp³-hybridized carbons (Fsp3) is 0.290. The molecule has 10 nitrogen and oxygen atoms in total. The van der Waals surface area contributed by atoms with Gasteiger partial charge in [0.15, 0.2) is 0 Å². The van der Waals surface area contributed by atoms with Crippen LogP contribution in [0.4, 0.5) is 5.69 Å². The number of fused-ring (bicyclic) bond motifs is 1. The molecule has 0 spiro atoms. The minimum Gasteiger partial charge on any atom is -0.338 e.